The van der Waals surface area contributed by atoms with Crippen molar-refractivity contribution in [3.63, 3.8) is 0 Å². The topological polar surface area (TPSA) is 67.1 Å². The van der Waals surface area contributed by atoms with Gasteiger partial charge in [0.05, 0.1) is 0 Å². The zero-order valence-electron chi connectivity index (χ0n) is 13.3. The van der Waals surface area contributed by atoms with Crippen molar-refractivity contribution in [2.45, 2.75) is 19.9 Å². The van der Waals surface area contributed by atoms with E-state index in [-0.39, 0.29) is 24.0 Å². The quantitative estimate of drug-likeness (QED) is 0.405. The molecular weight excluding hydrogens is 427 g/mol. The molecule has 0 saturated carbocycles. The Morgan fingerprint density at radius 2 is 2.00 bits per heavy atom. The Bertz CT molecular complexity index is 611. The highest BCUT2D eigenvalue weighted by molar-refractivity contribution is 14.0. The number of benzene rings is 1. The normalized spacial score (nSPS) is 11.0. The van der Waals surface area contributed by atoms with Gasteiger partial charge in [-0.15, -0.1) is 34.2 Å². The molecule has 6 nitrogen and oxygen atoms in total. The molecule has 2 rings (SSSR count). The van der Waals surface area contributed by atoms with E-state index in [2.05, 4.69) is 25.8 Å². The molecule has 126 valence electrons. The van der Waals surface area contributed by atoms with Gasteiger partial charge in [0.25, 0.3) is 0 Å². The van der Waals surface area contributed by atoms with Crippen molar-refractivity contribution in [2.24, 2.45) is 12.0 Å². The maximum atomic E-state index is 5.88. The highest BCUT2D eigenvalue weighted by Crippen LogP contribution is 2.09. The molecule has 0 spiro atoms. The van der Waals surface area contributed by atoms with Crippen LogP contribution in [0.25, 0.3) is 0 Å². The number of nitrogens with zero attached hydrogens (tertiary/aromatic N) is 4. The molecule has 0 bridgehead atoms. The summed E-state index contributed by atoms with van der Waals surface area (Å²) in [5, 5.41) is 15.2. The summed E-state index contributed by atoms with van der Waals surface area (Å²) in [7, 11) is 1.91. The van der Waals surface area contributed by atoms with Gasteiger partial charge in [-0.1, -0.05) is 23.7 Å². The Balaban J connectivity index is 0.00000264. The first-order chi connectivity index (χ1) is 10.7. The van der Waals surface area contributed by atoms with Crippen LogP contribution in [-0.2, 0) is 20.0 Å². The van der Waals surface area contributed by atoms with Gasteiger partial charge in [0, 0.05) is 25.2 Å². The lowest BCUT2D eigenvalue weighted by molar-refractivity contribution is 0.763. The number of rotatable bonds is 6. The van der Waals surface area contributed by atoms with E-state index in [9.17, 15) is 0 Å². The van der Waals surface area contributed by atoms with Gasteiger partial charge in [-0.2, -0.15) is 0 Å². The molecule has 1 heterocycles. The van der Waals surface area contributed by atoms with Crippen molar-refractivity contribution in [1.82, 2.24) is 25.4 Å². The molecule has 8 heteroatoms. The Morgan fingerprint density at radius 1 is 1.26 bits per heavy atom. The van der Waals surface area contributed by atoms with Crippen LogP contribution in [0.1, 0.15) is 18.3 Å². The standard InChI is InChI=1S/C15H21ClN6.HI/c1-3-17-15(19-10-14-21-20-11-22(14)2)18-9-8-12-4-6-13(16)7-5-12;/h4-7,11H,3,8-10H2,1-2H3,(H2,17,18,19);1H. The van der Waals surface area contributed by atoms with Crippen molar-refractivity contribution >= 4 is 41.5 Å². The summed E-state index contributed by atoms with van der Waals surface area (Å²) in [5.41, 5.74) is 1.24. The third-order valence-electron chi connectivity index (χ3n) is 3.15. The average molecular weight is 449 g/mol. The molecule has 0 amide bonds. The zero-order chi connectivity index (χ0) is 15.8. The van der Waals surface area contributed by atoms with E-state index in [1.807, 2.05) is 42.8 Å². The fraction of sp³-hybridized carbons (Fsp3) is 0.400. The lowest BCUT2D eigenvalue weighted by Crippen LogP contribution is -2.38. The van der Waals surface area contributed by atoms with Crippen molar-refractivity contribution in [3.05, 3.63) is 47.0 Å². The smallest absolute Gasteiger partial charge is 0.191 e. The van der Waals surface area contributed by atoms with E-state index in [0.717, 1.165) is 36.3 Å². The summed E-state index contributed by atoms with van der Waals surface area (Å²) < 4.78 is 1.86. The monoisotopic (exact) mass is 448 g/mol. The molecule has 0 radical (unpaired) electrons. The molecule has 23 heavy (non-hydrogen) atoms. The maximum absolute atomic E-state index is 5.88. The average Bonchev–Trinajstić information content (AvgIpc) is 2.92. The lowest BCUT2D eigenvalue weighted by Gasteiger charge is -2.11. The predicted octanol–water partition coefficient (Wildman–Crippen LogP) is 2.38. The fourth-order valence-corrected chi connectivity index (χ4v) is 2.04. The minimum atomic E-state index is 0. The summed E-state index contributed by atoms with van der Waals surface area (Å²) in [6.07, 6.45) is 2.58. The van der Waals surface area contributed by atoms with Crippen LogP contribution < -0.4 is 10.6 Å². The van der Waals surface area contributed by atoms with E-state index < -0.39 is 0 Å². The van der Waals surface area contributed by atoms with Crippen LogP contribution >= 0.6 is 35.6 Å². The minimum Gasteiger partial charge on any atom is -0.357 e. The minimum absolute atomic E-state index is 0. The molecular formula is C15H22ClIN6. The molecule has 0 aliphatic heterocycles. The zero-order valence-corrected chi connectivity index (χ0v) is 16.4. The van der Waals surface area contributed by atoms with Gasteiger partial charge in [0.15, 0.2) is 11.8 Å². The Labute approximate surface area is 158 Å². The molecule has 1 aromatic heterocycles. The van der Waals surface area contributed by atoms with E-state index >= 15 is 0 Å². The number of hydrogen-bond acceptors (Lipinski definition) is 3. The number of aliphatic imine (C=N–C) groups is 1. The first kappa shape index (κ1) is 19.7. The molecule has 2 aromatic rings. The van der Waals surface area contributed by atoms with Crippen LogP contribution in [-0.4, -0.2) is 33.8 Å². The second-order valence-corrected chi connectivity index (χ2v) is 5.29. The SMILES string of the molecule is CCNC(=NCc1nncn1C)NCCc1ccc(Cl)cc1.I. The van der Waals surface area contributed by atoms with Gasteiger partial charge >= 0.3 is 0 Å². The van der Waals surface area contributed by atoms with Crippen LogP contribution in [0, 0.1) is 0 Å². The lowest BCUT2D eigenvalue weighted by atomic mass is 10.1. The number of nitrogens with one attached hydrogen (secondary N) is 2. The summed E-state index contributed by atoms with van der Waals surface area (Å²) in [5.74, 6) is 1.61. The van der Waals surface area contributed by atoms with Crippen molar-refractivity contribution in [3.8, 4) is 0 Å². The van der Waals surface area contributed by atoms with Gasteiger partial charge in [-0.25, -0.2) is 4.99 Å². The number of halogens is 2. The second-order valence-electron chi connectivity index (χ2n) is 4.86. The summed E-state index contributed by atoms with van der Waals surface area (Å²) in [6.45, 7) is 4.14. The molecule has 0 unspecified atom stereocenters. The number of aromatic nitrogens is 3. The largest absolute Gasteiger partial charge is 0.357 e. The fourth-order valence-electron chi connectivity index (χ4n) is 1.92. The highest BCUT2D eigenvalue weighted by atomic mass is 127. The third kappa shape index (κ3) is 6.74. The Morgan fingerprint density at radius 3 is 2.61 bits per heavy atom. The summed E-state index contributed by atoms with van der Waals surface area (Å²) in [6, 6.07) is 7.88. The predicted molar refractivity (Wildman–Crippen MR) is 104 cm³/mol. The van der Waals surface area contributed by atoms with Gasteiger partial charge in [-0.05, 0) is 31.0 Å². The van der Waals surface area contributed by atoms with Crippen molar-refractivity contribution in [1.29, 1.82) is 0 Å². The Kier molecular flexibility index (Phi) is 8.93. The highest BCUT2D eigenvalue weighted by Gasteiger charge is 2.01. The molecule has 1 aromatic carbocycles. The second kappa shape index (κ2) is 10.4. The maximum Gasteiger partial charge on any atom is 0.191 e. The Hall–Kier alpha value is -1.35. The van der Waals surface area contributed by atoms with Crippen molar-refractivity contribution < 1.29 is 0 Å². The van der Waals surface area contributed by atoms with Gasteiger partial charge in [0.2, 0.25) is 0 Å². The van der Waals surface area contributed by atoms with Crippen molar-refractivity contribution in [2.75, 3.05) is 13.1 Å². The molecule has 0 aliphatic carbocycles. The van der Waals surface area contributed by atoms with Gasteiger partial charge in [-0.3, -0.25) is 0 Å². The van der Waals surface area contributed by atoms with E-state index in [0.29, 0.717) is 6.54 Å². The van der Waals surface area contributed by atoms with Gasteiger partial charge in [0.1, 0.15) is 12.9 Å². The van der Waals surface area contributed by atoms with E-state index in [1.165, 1.54) is 5.56 Å². The molecule has 0 atom stereocenters. The molecule has 0 saturated heterocycles. The van der Waals surface area contributed by atoms with Crippen LogP contribution in [0.4, 0.5) is 0 Å². The first-order valence-corrected chi connectivity index (χ1v) is 7.66. The third-order valence-corrected chi connectivity index (χ3v) is 3.40. The van der Waals surface area contributed by atoms with E-state index in [1.54, 1.807) is 6.33 Å². The molecule has 2 N–H and O–H groups in total. The number of guanidine groups is 1. The number of hydrogen-bond donors (Lipinski definition) is 2. The molecule has 0 fully saturated rings. The van der Waals surface area contributed by atoms with E-state index in [4.69, 9.17) is 11.6 Å². The summed E-state index contributed by atoms with van der Waals surface area (Å²) >= 11 is 5.88. The summed E-state index contributed by atoms with van der Waals surface area (Å²) in [4.78, 5) is 4.51. The number of aryl methyl sites for hydroxylation is 1. The first-order valence-electron chi connectivity index (χ1n) is 7.28. The van der Waals surface area contributed by atoms with Gasteiger partial charge < -0.3 is 15.2 Å². The van der Waals surface area contributed by atoms with Crippen LogP contribution in [0.5, 0.6) is 0 Å². The van der Waals surface area contributed by atoms with Crippen LogP contribution in [0.2, 0.25) is 5.02 Å². The molecule has 0 aliphatic rings. The van der Waals surface area contributed by atoms with Crippen LogP contribution in [0.15, 0.2) is 35.6 Å². The van der Waals surface area contributed by atoms with Crippen LogP contribution in [0.3, 0.4) is 0 Å².